The molecule has 0 saturated carbocycles. The van der Waals surface area contributed by atoms with Gasteiger partial charge in [0.15, 0.2) is 0 Å². The third kappa shape index (κ3) is 5.87. The molecular weight excluding hydrogens is 365 g/mol. The Balaban J connectivity index is 2.17. The molecule has 2 unspecified atom stereocenters. The van der Waals surface area contributed by atoms with Gasteiger partial charge in [0.1, 0.15) is 5.82 Å². The number of amides is 1. The number of aliphatic carboxylic acids is 1. The van der Waals surface area contributed by atoms with Gasteiger partial charge in [0.2, 0.25) is 0 Å². The minimum absolute atomic E-state index is 0.00392. The van der Waals surface area contributed by atoms with E-state index in [0.29, 0.717) is 18.8 Å². The van der Waals surface area contributed by atoms with Crippen molar-refractivity contribution >= 4 is 11.9 Å². The van der Waals surface area contributed by atoms with Crippen molar-refractivity contribution in [3.63, 3.8) is 0 Å². The fraction of sp³-hybridized carbons (Fsp3) is 0.333. The molecule has 0 radical (unpaired) electrons. The van der Waals surface area contributed by atoms with Crippen LogP contribution >= 0.6 is 0 Å². The predicted molar refractivity (Wildman–Crippen MR) is 101 cm³/mol. The Morgan fingerprint density at radius 2 is 1.86 bits per heavy atom. The van der Waals surface area contributed by atoms with Crippen LogP contribution in [0.3, 0.4) is 0 Å². The normalized spacial score (nSPS) is 13.0. The van der Waals surface area contributed by atoms with Gasteiger partial charge in [-0.15, -0.1) is 0 Å². The molecule has 2 aromatic rings. The number of methoxy groups -OCH3 is 1. The first-order valence-electron chi connectivity index (χ1n) is 8.87. The lowest BCUT2D eigenvalue weighted by Gasteiger charge is -2.23. The number of halogens is 1. The smallest absolute Gasteiger partial charge is 0.308 e. The molecule has 28 heavy (non-hydrogen) atoms. The highest BCUT2D eigenvalue weighted by Gasteiger charge is 2.27. The lowest BCUT2D eigenvalue weighted by molar-refractivity contribution is -0.142. The highest BCUT2D eigenvalue weighted by molar-refractivity contribution is 5.95. The van der Waals surface area contributed by atoms with E-state index < -0.39 is 29.7 Å². The number of carboxylic acids is 1. The van der Waals surface area contributed by atoms with E-state index in [1.165, 1.54) is 32.2 Å². The van der Waals surface area contributed by atoms with Crippen molar-refractivity contribution in [3.8, 4) is 0 Å². The van der Waals surface area contributed by atoms with Crippen LogP contribution in [-0.4, -0.2) is 37.3 Å². The monoisotopic (exact) mass is 389 g/mol. The Bertz CT molecular complexity index is 797. The highest BCUT2D eigenvalue weighted by Crippen LogP contribution is 2.23. The number of hydrogen-bond acceptors (Lipinski definition) is 4. The van der Waals surface area contributed by atoms with Crippen molar-refractivity contribution < 1.29 is 28.6 Å². The zero-order chi connectivity index (χ0) is 20.5. The second kappa shape index (κ2) is 10.5. The van der Waals surface area contributed by atoms with Crippen LogP contribution in [0.15, 0.2) is 48.5 Å². The molecule has 0 heterocycles. The molecule has 0 aliphatic carbocycles. The number of benzene rings is 2. The standard InChI is InChI=1S/C21H24FNO5/c1-14(21(25)26)19(15-6-4-3-5-7-15)23-20(24)16-8-9-18(22)17(12-16)13-28-11-10-27-2/h3-9,12,14,19H,10-11,13H2,1-2H3,(H,23,24)(H,25,26). The molecule has 0 fully saturated rings. The SMILES string of the molecule is COCCOCc1cc(C(=O)NC(c2ccccc2)C(C)C(=O)O)ccc1F. The number of rotatable bonds is 10. The maximum absolute atomic E-state index is 14.0. The molecular formula is C21H24FNO5. The molecule has 2 N–H and O–H groups in total. The van der Waals surface area contributed by atoms with Crippen molar-refractivity contribution in [2.45, 2.75) is 19.6 Å². The van der Waals surface area contributed by atoms with Crippen LogP contribution in [0.25, 0.3) is 0 Å². The molecule has 6 nitrogen and oxygen atoms in total. The van der Waals surface area contributed by atoms with Gasteiger partial charge in [0, 0.05) is 18.2 Å². The van der Waals surface area contributed by atoms with Crippen LogP contribution in [-0.2, 0) is 20.9 Å². The third-order valence-corrected chi connectivity index (χ3v) is 4.33. The van der Waals surface area contributed by atoms with Gasteiger partial charge < -0.3 is 19.9 Å². The van der Waals surface area contributed by atoms with E-state index in [-0.39, 0.29) is 17.7 Å². The van der Waals surface area contributed by atoms with Gasteiger partial charge in [-0.25, -0.2) is 4.39 Å². The molecule has 0 bridgehead atoms. The summed E-state index contributed by atoms with van der Waals surface area (Å²) in [5.74, 6) is -2.84. The molecule has 0 aliphatic rings. The van der Waals surface area contributed by atoms with E-state index >= 15 is 0 Å². The van der Waals surface area contributed by atoms with Gasteiger partial charge in [0.25, 0.3) is 5.91 Å². The molecule has 7 heteroatoms. The maximum Gasteiger partial charge on any atom is 0.308 e. The van der Waals surface area contributed by atoms with Crippen LogP contribution in [0.2, 0.25) is 0 Å². The fourth-order valence-electron chi connectivity index (χ4n) is 2.68. The first kappa shape index (κ1) is 21.5. The average molecular weight is 389 g/mol. The van der Waals surface area contributed by atoms with E-state index in [1.54, 1.807) is 24.3 Å². The van der Waals surface area contributed by atoms with E-state index in [4.69, 9.17) is 9.47 Å². The van der Waals surface area contributed by atoms with Crippen LogP contribution in [0, 0.1) is 11.7 Å². The Morgan fingerprint density at radius 3 is 2.50 bits per heavy atom. The van der Waals surface area contributed by atoms with Crippen molar-refractivity contribution in [1.82, 2.24) is 5.32 Å². The Kier molecular flexibility index (Phi) is 8.10. The van der Waals surface area contributed by atoms with Gasteiger partial charge in [-0.1, -0.05) is 30.3 Å². The van der Waals surface area contributed by atoms with Gasteiger partial charge in [-0.2, -0.15) is 0 Å². The molecule has 0 saturated heterocycles. The van der Waals surface area contributed by atoms with Crippen molar-refractivity contribution in [3.05, 3.63) is 71.0 Å². The van der Waals surface area contributed by atoms with Crippen LogP contribution in [0.4, 0.5) is 4.39 Å². The summed E-state index contributed by atoms with van der Waals surface area (Å²) in [4.78, 5) is 24.2. The molecule has 150 valence electrons. The molecule has 0 aromatic heterocycles. The summed E-state index contributed by atoms with van der Waals surface area (Å²) in [6.07, 6.45) is 0. The van der Waals surface area contributed by atoms with Crippen molar-refractivity contribution in [2.24, 2.45) is 5.92 Å². The van der Waals surface area contributed by atoms with Crippen molar-refractivity contribution in [2.75, 3.05) is 20.3 Å². The summed E-state index contributed by atoms with van der Waals surface area (Å²) in [5, 5.41) is 12.1. The average Bonchev–Trinajstić information content (AvgIpc) is 2.70. The number of nitrogens with one attached hydrogen (secondary N) is 1. The summed E-state index contributed by atoms with van der Waals surface area (Å²) < 4.78 is 24.2. The Labute approximate surface area is 163 Å². The highest BCUT2D eigenvalue weighted by atomic mass is 19.1. The van der Waals surface area contributed by atoms with E-state index in [2.05, 4.69) is 5.32 Å². The lowest BCUT2D eigenvalue weighted by Crippen LogP contribution is -2.35. The van der Waals surface area contributed by atoms with Gasteiger partial charge >= 0.3 is 5.97 Å². The van der Waals surface area contributed by atoms with Crippen LogP contribution in [0.1, 0.15) is 34.5 Å². The lowest BCUT2D eigenvalue weighted by atomic mass is 9.94. The maximum atomic E-state index is 14.0. The molecule has 1 amide bonds. The number of ether oxygens (including phenoxy) is 2. The minimum atomic E-state index is -1.03. The number of carboxylic acid groups (broad SMARTS) is 1. The molecule has 2 aromatic carbocycles. The van der Waals surface area contributed by atoms with Gasteiger partial charge in [0.05, 0.1) is 31.8 Å². The summed E-state index contributed by atoms with van der Waals surface area (Å²) in [7, 11) is 1.54. The Morgan fingerprint density at radius 1 is 1.14 bits per heavy atom. The molecule has 2 atom stereocenters. The summed E-state index contributed by atoms with van der Waals surface area (Å²) in [6.45, 7) is 2.22. The van der Waals surface area contributed by atoms with Crippen LogP contribution < -0.4 is 5.32 Å². The first-order chi connectivity index (χ1) is 13.4. The first-order valence-corrected chi connectivity index (χ1v) is 8.87. The van der Waals surface area contributed by atoms with Crippen molar-refractivity contribution in [1.29, 1.82) is 0 Å². The second-order valence-corrected chi connectivity index (χ2v) is 6.34. The summed E-state index contributed by atoms with van der Waals surface area (Å²) in [6, 6.07) is 12.1. The van der Waals surface area contributed by atoms with E-state index in [0.717, 1.165) is 0 Å². The quantitative estimate of drug-likeness (QED) is 0.610. The van der Waals surface area contributed by atoms with E-state index in [9.17, 15) is 19.1 Å². The second-order valence-electron chi connectivity index (χ2n) is 6.34. The molecule has 0 spiro atoms. The number of hydrogen-bond donors (Lipinski definition) is 2. The van der Waals surface area contributed by atoms with Gasteiger partial charge in [-0.3, -0.25) is 9.59 Å². The number of carbonyl (C=O) groups excluding carboxylic acids is 1. The number of carbonyl (C=O) groups is 2. The summed E-state index contributed by atoms with van der Waals surface area (Å²) in [5.41, 5.74) is 1.15. The molecule has 2 rings (SSSR count). The zero-order valence-electron chi connectivity index (χ0n) is 15.9. The summed E-state index contributed by atoms with van der Waals surface area (Å²) >= 11 is 0. The zero-order valence-corrected chi connectivity index (χ0v) is 15.9. The third-order valence-electron chi connectivity index (χ3n) is 4.33. The van der Waals surface area contributed by atoms with Gasteiger partial charge in [-0.05, 0) is 30.7 Å². The predicted octanol–water partition coefficient (Wildman–Crippen LogP) is 3.18. The van der Waals surface area contributed by atoms with E-state index in [1.807, 2.05) is 6.07 Å². The minimum Gasteiger partial charge on any atom is -0.481 e. The van der Waals surface area contributed by atoms with Crippen LogP contribution in [0.5, 0.6) is 0 Å². The molecule has 0 aliphatic heterocycles. The fourth-order valence-corrected chi connectivity index (χ4v) is 2.68. The topological polar surface area (TPSA) is 84.9 Å². The largest absolute Gasteiger partial charge is 0.481 e. The Hall–Kier alpha value is -2.77.